The van der Waals surface area contributed by atoms with Crippen molar-refractivity contribution in [2.24, 2.45) is 0 Å². The zero-order valence-corrected chi connectivity index (χ0v) is 20.4. The topological polar surface area (TPSA) is 49.2 Å². The van der Waals surface area contributed by atoms with Gasteiger partial charge in [-0.05, 0) is 48.9 Å². The Hall–Kier alpha value is -2.51. The van der Waals surface area contributed by atoms with E-state index >= 15 is 0 Å². The third kappa shape index (κ3) is 4.96. The van der Waals surface area contributed by atoms with Crippen LogP contribution in [0.4, 0.5) is 0 Å². The van der Waals surface area contributed by atoms with E-state index in [0.29, 0.717) is 0 Å². The Morgan fingerprint density at radius 1 is 1.07 bits per heavy atom. The molecule has 0 fully saturated rings. The van der Waals surface area contributed by atoms with Crippen LogP contribution in [0, 0.1) is 0 Å². The van der Waals surface area contributed by atoms with Crippen LogP contribution < -0.4 is 9.16 Å². The SMILES string of the molecule is COc1c(C(C)(C)C)ccc(/C=C/c2cc(S)n(-c3ccccn3)n2)c1O[SiH](C)C. The molecule has 0 unspecified atom stereocenters. The highest BCUT2D eigenvalue weighted by atomic mass is 32.1. The summed E-state index contributed by atoms with van der Waals surface area (Å²) in [6, 6.07) is 11.8. The van der Waals surface area contributed by atoms with Crippen LogP contribution in [0.1, 0.15) is 37.6 Å². The quantitative estimate of drug-likeness (QED) is 0.413. The predicted octanol–water partition coefficient (Wildman–Crippen LogP) is 5.39. The first-order valence-corrected chi connectivity index (χ1v) is 13.2. The minimum absolute atomic E-state index is 0.0490. The number of methoxy groups -OCH3 is 1. The molecule has 30 heavy (non-hydrogen) atoms. The largest absolute Gasteiger partial charge is 0.544 e. The zero-order valence-electron chi connectivity index (χ0n) is 18.4. The predicted molar refractivity (Wildman–Crippen MR) is 129 cm³/mol. The van der Waals surface area contributed by atoms with Crippen molar-refractivity contribution in [2.75, 3.05) is 7.11 Å². The number of hydrogen-bond donors (Lipinski definition) is 1. The summed E-state index contributed by atoms with van der Waals surface area (Å²) in [6.45, 7) is 10.8. The molecule has 1 aromatic carbocycles. The van der Waals surface area contributed by atoms with Gasteiger partial charge >= 0.3 is 0 Å². The molecule has 2 aromatic heterocycles. The Labute approximate surface area is 185 Å². The molecule has 0 atom stereocenters. The maximum absolute atomic E-state index is 6.30. The van der Waals surface area contributed by atoms with E-state index in [-0.39, 0.29) is 5.41 Å². The summed E-state index contributed by atoms with van der Waals surface area (Å²) >= 11 is 4.54. The smallest absolute Gasteiger partial charge is 0.229 e. The summed E-state index contributed by atoms with van der Waals surface area (Å²) in [4.78, 5) is 4.34. The van der Waals surface area contributed by atoms with Gasteiger partial charge in [0.1, 0.15) is 0 Å². The Bertz CT molecular complexity index is 1040. The number of hydrogen-bond acceptors (Lipinski definition) is 5. The van der Waals surface area contributed by atoms with Gasteiger partial charge in [0.25, 0.3) is 0 Å². The number of pyridine rings is 1. The number of aromatic nitrogens is 3. The lowest BCUT2D eigenvalue weighted by Gasteiger charge is -2.26. The molecular formula is C23H29N3O2SSi. The molecule has 0 bridgehead atoms. The Balaban J connectivity index is 2.01. The molecule has 0 aliphatic rings. The Kier molecular flexibility index (Phi) is 6.73. The van der Waals surface area contributed by atoms with E-state index < -0.39 is 9.04 Å². The van der Waals surface area contributed by atoms with Crippen LogP contribution in [0.5, 0.6) is 11.5 Å². The van der Waals surface area contributed by atoms with Gasteiger partial charge in [0.05, 0.1) is 17.8 Å². The molecule has 3 aromatic rings. The second-order valence-corrected chi connectivity index (χ2v) is 11.1. The second-order valence-electron chi connectivity index (χ2n) is 8.34. The monoisotopic (exact) mass is 439 g/mol. The first kappa shape index (κ1) is 22.2. The molecule has 0 spiro atoms. The van der Waals surface area contributed by atoms with E-state index in [4.69, 9.17) is 9.16 Å². The van der Waals surface area contributed by atoms with E-state index in [1.54, 1.807) is 18.0 Å². The normalized spacial score (nSPS) is 12.0. The average Bonchev–Trinajstić information content (AvgIpc) is 3.06. The van der Waals surface area contributed by atoms with E-state index in [0.717, 1.165) is 39.2 Å². The van der Waals surface area contributed by atoms with E-state index in [1.807, 2.05) is 36.4 Å². The summed E-state index contributed by atoms with van der Waals surface area (Å²) in [5.74, 6) is 2.34. The fraction of sp³-hybridized carbons (Fsp3) is 0.304. The first-order valence-electron chi connectivity index (χ1n) is 9.97. The molecule has 0 saturated carbocycles. The number of thiol groups is 1. The molecule has 158 valence electrons. The third-order valence-electron chi connectivity index (χ3n) is 4.52. The van der Waals surface area contributed by atoms with Gasteiger partial charge in [-0.25, -0.2) is 9.67 Å². The van der Waals surface area contributed by atoms with Crippen LogP contribution in [-0.2, 0) is 5.41 Å². The van der Waals surface area contributed by atoms with Gasteiger partial charge in [0, 0.05) is 17.3 Å². The number of benzene rings is 1. The Morgan fingerprint density at radius 3 is 2.43 bits per heavy atom. The molecule has 0 N–H and O–H groups in total. The number of nitrogens with zero attached hydrogens (tertiary/aromatic N) is 3. The van der Waals surface area contributed by atoms with Crippen molar-refractivity contribution in [1.29, 1.82) is 0 Å². The minimum atomic E-state index is -1.34. The van der Waals surface area contributed by atoms with Gasteiger partial charge in [-0.1, -0.05) is 39.0 Å². The van der Waals surface area contributed by atoms with Crippen molar-refractivity contribution >= 4 is 33.8 Å². The molecule has 7 heteroatoms. The lowest BCUT2D eigenvalue weighted by atomic mass is 9.85. The molecule has 0 radical (unpaired) electrons. The summed E-state index contributed by atoms with van der Waals surface area (Å²) in [7, 11) is 0.363. The van der Waals surface area contributed by atoms with E-state index in [9.17, 15) is 0 Å². The maximum Gasteiger partial charge on any atom is 0.229 e. The van der Waals surface area contributed by atoms with Crippen LogP contribution in [0.3, 0.4) is 0 Å². The zero-order chi connectivity index (χ0) is 21.9. The highest BCUT2D eigenvalue weighted by molar-refractivity contribution is 7.80. The number of ether oxygens (including phenoxy) is 1. The Morgan fingerprint density at radius 2 is 1.83 bits per heavy atom. The van der Waals surface area contributed by atoms with Crippen molar-refractivity contribution in [1.82, 2.24) is 14.8 Å². The lowest BCUT2D eigenvalue weighted by molar-refractivity contribution is 0.378. The average molecular weight is 440 g/mol. The standard InChI is InChI=1S/C23H29N3O2SSi/c1-23(2,3)18-13-11-16(21(22(18)27-4)28-30(5)6)10-12-17-15-20(29)26(25-17)19-9-7-8-14-24-19/h7-15,29-30H,1-6H3/b12-10+. The molecular weight excluding hydrogens is 410 g/mol. The highest BCUT2D eigenvalue weighted by Crippen LogP contribution is 2.41. The first-order chi connectivity index (χ1) is 14.2. The summed E-state index contributed by atoms with van der Waals surface area (Å²) in [6.07, 6.45) is 5.71. The van der Waals surface area contributed by atoms with E-state index in [1.165, 1.54) is 0 Å². The summed E-state index contributed by atoms with van der Waals surface area (Å²) in [5.41, 5.74) is 2.84. The van der Waals surface area contributed by atoms with Gasteiger partial charge in [-0.3, -0.25) is 0 Å². The minimum Gasteiger partial charge on any atom is -0.544 e. The molecule has 0 saturated heterocycles. The van der Waals surface area contributed by atoms with Crippen LogP contribution in [0.2, 0.25) is 13.1 Å². The number of rotatable bonds is 6. The second kappa shape index (κ2) is 9.10. The van der Waals surface area contributed by atoms with Crippen LogP contribution in [0.25, 0.3) is 18.0 Å². The molecule has 3 rings (SSSR count). The summed E-state index contributed by atoms with van der Waals surface area (Å²) < 4.78 is 13.8. The van der Waals surface area contributed by atoms with Crippen molar-refractivity contribution < 1.29 is 9.16 Å². The summed E-state index contributed by atoms with van der Waals surface area (Å²) in [5, 5.41) is 5.33. The highest BCUT2D eigenvalue weighted by Gasteiger charge is 2.24. The van der Waals surface area contributed by atoms with Gasteiger partial charge in [0.2, 0.25) is 9.04 Å². The van der Waals surface area contributed by atoms with Crippen molar-refractivity contribution in [3.8, 4) is 17.3 Å². The molecule has 0 aliphatic heterocycles. The lowest BCUT2D eigenvalue weighted by Crippen LogP contribution is -2.17. The van der Waals surface area contributed by atoms with Crippen LogP contribution in [0.15, 0.2) is 47.6 Å². The van der Waals surface area contributed by atoms with Gasteiger partial charge in [-0.2, -0.15) is 5.10 Å². The molecule has 0 aliphatic carbocycles. The van der Waals surface area contributed by atoms with Crippen molar-refractivity contribution in [2.45, 2.75) is 44.3 Å². The fourth-order valence-corrected chi connectivity index (χ4v) is 4.15. The van der Waals surface area contributed by atoms with Gasteiger partial charge in [0.15, 0.2) is 17.3 Å². The molecule has 2 heterocycles. The molecule has 0 amide bonds. The third-order valence-corrected chi connectivity index (χ3v) is 5.54. The molecule has 5 nitrogen and oxygen atoms in total. The van der Waals surface area contributed by atoms with Gasteiger partial charge in [-0.15, -0.1) is 12.6 Å². The fourth-order valence-electron chi connectivity index (χ4n) is 3.15. The van der Waals surface area contributed by atoms with E-state index in [2.05, 4.69) is 68.7 Å². The van der Waals surface area contributed by atoms with Crippen LogP contribution >= 0.6 is 12.6 Å². The maximum atomic E-state index is 6.30. The van der Waals surface area contributed by atoms with Crippen molar-refractivity contribution in [3.05, 3.63) is 59.4 Å². The van der Waals surface area contributed by atoms with Crippen LogP contribution in [-0.4, -0.2) is 30.9 Å². The van der Waals surface area contributed by atoms with Gasteiger partial charge < -0.3 is 9.16 Å². The van der Waals surface area contributed by atoms with Crippen molar-refractivity contribution in [3.63, 3.8) is 0 Å².